The van der Waals surface area contributed by atoms with Gasteiger partial charge in [0, 0.05) is 28.7 Å². The summed E-state index contributed by atoms with van der Waals surface area (Å²) in [5.74, 6) is -0.421. The molecule has 4 nitrogen and oxygen atoms in total. The molecule has 1 saturated carbocycles. The fourth-order valence-electron chi connectivity index (χ4n) is 4.53. The van der Waals surface area contributed by atoms with Gasteiger partial charge >= 0.3 is 5.97 Å². The second-order valence-corrected chi connectivity index (χ2v) is 11.3. The van der Waals surface area contributed by atoms with Crippen molar-refractivity contribution in [2.24, 2.45) is 0 Å². The number of rotatable bonds is 6. The Morgan fingerprint density at radius 2 is 1.76 bits per heavy atom. The summed E-state index contributed by atoms with van der Waals surface area (Å²) in [4.78, 5) is 14.9. The Morgan fingerprint density at radius 1 is 1.09 bits per heavy atom. The molecule has 2 aromatic rings. The molecule has 0 N–H and O–H groups in total. The molecule has 0 unspecified atom stereocenters. The molecule has 4 rings (SSSR count). The Kier molecular flexibility index (Phi) is 7.47. The van der Waals surface area contributed by atoms with E-state index in [1.54, 1.807) is 32.9 Å². The molecule has 34 heavy (non-hydrogen) atoms. The lowest BCUT2D eigenvalue weighted by molar-refractivity contribution is 0.00641. The molecule has 2 fully saturated rings. The third-order valence-electron chi connectivity index (χ3n) is 6.37. The number of carbonyl (C=O) groups is 1. The normalized spacial score (nSPS) is 21.4. The highest BCUT2D eigenvalue weighted by molar-refractivity contribution is 6.34. The Bertz CT molecular complexity index is 1040. The number of halogens is 3. The second kappa shape index (κ2) is 10.0. The maximum atomic E-state index is 15.0. The minimum Gasteiger partial charge on any atom is -0.488 e. The average Bonchev–Trinajstić information content (AvgIpc) is 3.54. The molecule has 7 heteroatoms. The van der Waals surface area contributed by atoms with E-state index in [1.807, 2.05) is 12.1 Å². The lowest BCUT2D eigenvalue weighted by Crippen LogP contribution is -2.48. The van der Waals surface area contributed by atoms with Crippen molar-refractivity contribution in [2.75, 3.05) is 6.54 Å². The standard InChI is InChI=1S/C27H32Cl2FNO3/c1-16-24(6-5-9-31(16)15-17-10-19(28)12-20(29)11-17)33-25-14-23(30)22(13-21(25)18-7-8-18)26(32)34-27(2,3)4/h10-14,16,18,24H,5-9,15H2,1-4H3/t16-,24-/m1/s1. The first-order valence-electron chi connectivity index (χ1n) is 11.9. The van der Waals surface area contributed by atoms with Crippen molar-refractivity contribution in [3.05, 3.63) is 62.9 Å². The Morgan fingerprint density at radius 3 is 2.38 bits per heavy atom. The molecule has 2 atom stereocenters. The van der Waals surface area contributed by atoms with E-state index < -0.39 is 17.4 Å². The minimum absolute atomic E-state index is 0.0275. The van der Waals surface area contributed by atoms with Gasteiger partial charge in [-0.3, -0.25) is 4.90 Å². The van der Waals surface area contributed by atoms with Crippen LogP contribution in [0, 0.1) is 5.82 Å². The van der Waals surface area contributed by atoms with Crippen LogP contribution in [0.1, 0.15) is 80.8 Å². The first kappa shape index (κ1) is 25.3. The maximum Gasteiger partial charge on any atom is 0.341 e. The third-order valence-corrected chi connectivity index (χ3v) is 6.81. The predicted molar refractivity (Wildman–Crippen MR) is 134 cm³/mol. The highest BCUT2D eigenvalue weighted by atomic mass is 35.5. The van der Waals surface area contributed by atoms with Crippen LogP contribution in [0.25, 0.3) is 0 Å². The molecular weight excluding hydrogens is 476 g/mol. The Balaban J connectivity index is 1.53. The number of piperidine rings is 1. The van der Waals surface area contributed by atoms with Gasteiger partial charge in [0.2, 0.25) is 0 Å². The summed E-state index contributed by atoms with van der Waals surface area (Å²) in [5.41, 5.74) is 1.23. The SMILES string of the molecule is C[C@@H]1[C@H](Oc2cc(F)c(C(=O)OC(C)(C)C)cc2C2CC2)CCCN1Cc1cc(Cl)cc(Cl)c1. The second-order valence-electron chi connectivity index (χ2n) is 10.4. The van der Waals surface area contributed by atoms with Crippen LogP contribution in [0.2, 0.25) is 10.0 Å². The van der Waals surface area contributed by atoms with E-state index in [2.05, 4.69) is 11.8 Å². The zero-order valence-corrected chi connectivity index (χ0v) is 21.7. The van der Waals surface area contributed by atoms with E-state index in [0.717, 1.165) is 43.4 Å². The molecule has 0 bridgehead atoms. The van der Waals surface area contributed by atoms with Crippen molar-refractivity contribution in [2.45, 2.75) is 83.6 Å². The van der Waals surface area contributed by atoms with Gasteiger partial charge in [0.1, 0.15) is 23.3 Å². The molecule has 0 aromatic heterocycles. The zero-order chi connectivity index (χ0) is 24.6. The highest BCUT2D eigenvalue weighted by Gasteiger charge is 2.34. The first-order chi connectivity index (χ1) is 16.0. The quantitative estimate of drug-likeness (QED) is 0.381. The summed E-state index contributed by atoms with van der Waals surface area (Å²) in [7, 11) is 0. The van der Waals surface area contributed by atoms with E-state index >= 15 is 4.39 Å². The molecule has 0 spiro atoms. The summed E-state index contributed by atoms with van der Waals surface area (Å²) in [5, 5.41) is 1.24. The molecule has 184 valence electrons. The smallest absolute Gasteiger partial charge is 0.341 e. The molecule has 2 aromatic carbocycles. The van der Waals surface area contributed by atoms with Crippen molar-refractivity contribution in [1.29, 1.82) is 0 Å². The molecule has 1 aliphatic carbocycles. The van der Waals surface area contributed by atoms with Crippen LogP contribution in [-0.2, 0) is 11.3 Å². The number of benzene rings is 2. The molecule has 1 aliphatic heterocycles. The lowest BCUT2D eigenvalue weighted by atomic mass is 9.98. The summed E-state index contributed by atoms with van der Waals surface area (Å²) < 4.78 is 26.9. The average molecular weight is 508 g/mol. The van der Waals surface area contributed by atoms with Gasteiger partial charge in [0.15, 0.2) is 0 Å². The molecule has 0 radical (unpaired) electrons. The van der Waals surface area contributed by atoms with E-state index in [1.165, 1.54) is 6.07 Å². The number of likely N-dealkylation sites (tertiary alicyclic amines) is 1. The molecule has 0 amide bonds. The van der Waals surface area contributed by atoms with E-state index in [4.69, 9.17) is 32.7 Å². The summed E-state index contributed by atoms with van der Waals surface area (Å²) in [6.07, 6.45) is 3.79. The van der Waals surface area contributed by atoms with Crippen molar-refractivity contribution >= 4 is 29.2 Å². The van der Waals surface area contributed by atoms with Gasteiger partial charge in [-0.2, -0.15) is 0 Å². The lowest BCUT2D eigenvalue weighted by Gasteiger charge is -2.39. The van der Waals surface area contributed by atoms with Gasteiger partial charge in [-0.05, 0) is 101 Å². The zero-order valence-electron chi connectivity index (χ0n) is 20.2. The number of esters is 1. The Hall–Kier alpha value is -1.82. The number of ether oxygens (including phenoxy) is 2. The number of nitrogens with zero attached hydrogens (tertiary/aromatic N) is 1. The van der Waals surface area contributed by atoms with Crippen molar-refractivity contribution in [3.63, 3.8) is 0 Å². The van der Waals surface area contributed by atoms with Gasteiger partial charge in [0.25, 0.3) is 0 Å². The molecule has 2 aliphatic rings. The molecular formula is C27H32Cl2FNO3. The van der Waals surface area contributed by atoms with E-state index in [0.29, 0.717) is 28.3 Å². The van der Waals surface area contributed by atoms with Crippen LogP contribution in [0.15, 0.2) is 30.3 Å². The fourth-order valence-corrected chi connectivity index (χ4v) is 5.10. The van der Waals surface area contributed by atoms with Crippen molar-refractivity contribution < 1.29 is 18.7 Å². The van der Waals surface area contributed by atoms with Gasteiger partial charge < -0.3 is 9.47 Å². The van der Waals surface area contributed by atoms with Gasteiger partial charge in [-0.1, -0.05) is 23.2 Å². The minimum atomic E-state index is -0.688. The van der Waals surface area contributed by atoms with Crippen LogP contribution in [0.5, 0.6) is 5.75 Å². The van der Waals surface area contributed by atoms with Crippen molar-refractivity contribution in [3.8, 4) is 5.75 Å². The van der Waals surface area contributed by atoms with Crippen LogP contribution in [0.3, 0.4) is 0 Å². The number of carbonyl (C=O) groups excluding carboxylic acids is 1. The topological polar surface area (TPSA) is 38.8 Å². The van der Waals surface area contributed by atoms with Crippen LogP contribution in [-0.4, -0.2) is 35.2 Å². The van der Waals surface area contributed by atoms with E-state index in [9.17, 15) is 4.79 Å². The Labute approximate surface area is 211 Å². The van der Waals surface area contributed by atoms with Crippen LogP contribution < -0.4 is 4.74 Å². The van der Waals surface area contributed by atoms with Crippen LogP contribution in [0.4, 0.5) is 4.39 Å². The molecule has 1 heterocycles. The highest BCUT2D eigenvalue weighted by Crippen LogP contribution is 2.46. The number of hydrogen-bond acceptors (Lipinski definition) is 4. The summed E-state index contributed by atoms with van der Waals surface area (Å²) in [6, 6.07) is 8.71. The predicted octanol–water partition coefficient (Wildman–Crippen LogP) is 7.40. The van der Waals surface area contributed by atoms with Crippen LogP contribution >= 0.6 is 23.2 Å². The van der Waals surface area contributed by atoms with Gasteiger partial charge in [-0.15, -0.1) is 0 Å². The largest absolute Gasteiger partial charge is 0.488 e. The summed E-state index contributed by atoms with van der Waals surface area (Å²) >= 11 is 12.4. The van der Waals surface area contributed by atoms with Gasteiger partial charge in [0.05, 0.1) is 5.56 Å². The maximum absolute atomic E-state index is 15.0. The monoisotopic (exact) mass is 507 g/mol. The van der Waals surface area contributed by atoms with Gasteiger partial charge in [-0.25, -0.2) is 9.18 Å². The summed E-state index contributed by atoms with van der Waals surface area (Å²) in [6.45, 7) is 9.11. The third kappa shape index (κ3) is 6.24. The van der Waals surface area contributed by atoms with Crippen molar-refractivity contribution in [1.82, 2.24) is 4.90 Å². The fraction of sp³-hybridized carbons (Fsp3) is 0.519. The number of hydrogen-bond donors (Lipinski definition) is 0. The first-order valence-corrected chi connectivity index (χ1v) is 12.7. The molecule has 1 saturated heterocycles. The van der Waals surface area contributed by atoms with E-state index in [-0.39, 0.29) is 17.7 Å².